The van der Waals surface area contributed by atoms with Gasteiger partial charge in [-0.1, -0.05) is 109 Å². The van der Waals surface area contributed by atoms with Gasteiger partial charge in [0.15, 0.2) is 0 Å². The van der Waals surface area contributed by atoms with Crippen molar-refractivity contribution in [2.24, 2.45) is 4.99 Å². The monoisotopic (exact) mass is 601 g/mol. The number of hydrogen-bond donors (Lipinski definition) is 0. The average Bonchev–Trinajstić information content (AvgIpc) is 3.53. The van der Waals surface area contributed by atoms with Gasteiger partial charge in [0.05, 0.1) is 16.7 Å². The Labute approximate surface area is 274 Å². The molecule has 3 heteroatoms. The van der Waals surface area contributed by atoms with Crippen LogP contribution in [0.4, 0.5) is 5.69 Å². The minimum atomic E-state index is 0.860. The number of rotatable bonds is 3. The number of para-hydroxylation sites is 4. The molecule has 3 nitrogen and oxygen atoms in total. The molecule has 0 saturated heterocycles. The number of fused-ring (bicyclic) bond motifs is 6. The van der Waals surface area contributed by atoms with Crippen molar-refractivity contribution in [3.63, 3.8) is 0 Å². The average molecular weight is 602 g/mol. The van der Waals surface area contributed by atoms with E-state index in [-0.39, 0.29) is 0 Å². The molecule has 0 aliphatic carbocycles. The van der Waals surface area contributed by atoms with E-state index in [2.05, 4.69) is 163 Å². The van der Waals surface area contributed by atoms with Crippen LogP contribution in [0, 0.1) is 0 Å². The molecule has 0 amide bonds. The number of aliphatic imine (C=N–C) groups is 1. The molecule has 1 aliphatic rings. The van der Waals surface area contributed by atoms with E-state index in [1.54, 1.807) is 0 Å². The van der Waals surface area contributed by atoms with Crippen molar-refractivity contribution >= 4 is 33.2 Å². The third kappa shape index (κ3) is 4.76. The van der Waals surface area contributed by atoms with Crippen molar-refractivity contribution < 1.29 is 0 Å². The Bertz CT molecular complexity index is 2500. The first-order chi connectivity index (χ1) is 23.2. The first kappa shape index (κ1) is 27.3. The van der Waals surface area contributed by atoms with Gasteiger partial charge in [0.1, 0.15) is 5.82 Å². The van der Waals surface area contributed by atoms with Crippen molar-refractivity contribution in [2.75, 3.05) is 0 Å². The van der Waals surface area contributed by atoms with Gasteiger partial charge < -0.3 is 0 Å². The Balaban J connectivity index is 1.15. The molecule has 0 fully saturated rings. The van der Waals surface area contributed by atoms with Crippen LogP contribution in [0.1, 0.15) is 23.6 Å². The molecule has 0 atom stereocenters. The molecule has 0 unspecified atom stereocenters. The van der Waals surface area contributed by atoms with Gasteiger partial charge in [0.25, 0.3) is 0 Å². The number of benzene rings is 7. The molecule has 8 aromatic rings. The van der Waals surface area contributed by atoms with Gasteiger partial charge in [-0.15, -0.1) is 0 Å². The lowest BCUT2D eigenvalue weighted by atomic mass is 9.89. The Kier molecular flexibility index (Phi) is 6.43. The van der Waals surface area contributed by atoms with Crippen molar-refractivity contribution in [3.8, 4) is 39.3 Å². The van der Waals surface area contributed by atoms with E-state index in [9.17, 15) is 0 Å². The third-order valence-corrected chi connectivity index (χ3v) is 9.38. The summed E-state index contributed by atoms with van der Waals surface area (Å²) < 4.78 is 2.26. The molecule has 222 valence electrons. The maximum absolute atomic E-state index is 5.16. The minimum absolute atomic E-state index is 0.860. The Hall–Kier alpha value is -6.06. The molecule has 0 bridgehead atoms. The molecule has 0 saturated carbocycles. The second-order valence-corrected chi connectivity index (χ2v) is 12.3. The number of imidazole rings is 1. The fourth-order valence-electron chi connectivity index (χ4n) is 7.03. The summed E-state index contributed by atoms with van der Waals surface area (Å²) in [5.41, 5.74) is 15.0. The lowest BCUT2D eigenvalue weighted by Gasteiger charge is -2.15. The smallest absolute Gasteiger partial charge is 0.145 e. The zero-order valence-corrected chi connectivity index (χ0v) is 26.1. The maximum atomic E-state index is 5.16. The lowest BCUT2D eigenvalue weighted by molar-refractivity contribution is 1.10. The Morgan fingerprint density at radius 3 is 2.04 bits per heavy atom. The molecular formula is C44H31N3. The van der Waals surface area contributed by atoms with Crippen LogP contribution in [0.5, 0.6) is 0 Å². The third-order valence-electron chi connectivity index (χ3n) is 9.38. The van der Waals surface area contributed by atoms with Crippen LogP contribution in [-0.2, 0) is 6.42 Å². The van der Waals surface area contributed by atoms with Crippen LogP contribution in [0.3, 0.4) is 0 Å². The van der Waals surface area contributed by atoms with Gasteiger partial charge in [-0.25, -0.2) is 4.98 Å². The predicted octanol–water partition coefficient (Wildman–Crippen LogP) is 11.2. The Morgan fingerprint density at radius 2 is 1.17 bits per heavy atom. The summed E-state index contributed by atoms with van der Waals surface area (Å²) in [6.07, 6.45) is 0.860. The molecule has 0 N–H and O–H groups in total. The molecule has 47 heavy (non-hydrogen) atoms. The quantitative estimate of drug-likeness (QED) is 0.198. The minimum Gasteiger partial charge on any atom is -0.292 e. The SMILES string of the molecule is C/C1=N\c2ccccc2Cc2ccccc2-c2ccc(-c3ccc4cc(-c5nc6ccccc6n5-c5ccccc5)ccc4c3)cc21. The van der Waals surface area contributed by atoms with E-state index in [4.69, 9.17) is 9.98 Å². The van der Waals surface area contributed by atoms with Gasteiger partial charge >= 0.3 is 0 Å². The molecule has 0 radical (unpaired) electrons. The van der Waals surface area contributed by atoms with Gasteiger partial charge in [-0.05, 0) is 99.6 Å². The molecule has 9 rings (SSSR count). The van der Waals surface area contributed by atoms with Gasteiger partial charge in [0, 0.05) is 28.9 Å². The van der Waals surface area contributed by atoms with E-state index in [1.165, 1.54) is 49.7 Å². The first-order valence-corrected chi connectivity index (χ1v) is 16.1. The largest absolute Gasteiger partial charge is 0.292 e. The molecule has 2 heterocycles. The fourth-order valence-corrected chi connectivity index (χ4v) is 7.03. The van der Waals surface area contributed by atoms with Crippen LogP contribution in [0.15, 0.2) is 163 Å². The van der Waals surface area contributed by atoms with Crippen LogP contribution < -0.4 is 0 Å². The van der Waals surface area contributed by atoms with Crippen LogP contribution in [0.2, 0.25) is 0 Å². The zero-order chi connectivity index (χ0) is 31.3. The van der Waals surface area contributed by atoms with Gasteiger partial charge in [-0.3, -0.25) is 9.56 Å². The maximum Gasteiger partial charge on any atom is 0.145 e. The van der Waals surface area contributed by atoms with E-state index in [0.29, 0.717) is 0 Å². The van der Waals surface area contributed by atoms with Crippen molar-refractivity contribution in [2.45, 2.75) is 13.3 Å². The summed E-state index contributed by atoms with van der Waals surface area (Å²) in [5, 5.41) is 2.38. The molecule has 1 aliphatic heterocycles. The van der Waals surface area contributed by atoms with E-state index in [0.717, 1.165) is 45.9 Å². The number of aromatic nitrogens is 2. The standard InChI is InChI=1S/C44H31N3/c1-29-40-28-33(23-24-39(40)38-15-7-5-11-34(38)27-35-12-6-8-16-41(35)45-29)31-19-20-32-26-36(22-21-30(32)25-31)44-46-42-17-9-10-18-43(42)47(44)37-13-3-2-4-14-37/h2-26,28H,27H2,1H3/b45-29+. The van der Waals surface area contributed by atoms with E-state index >= 15 is 0 Å². The van der Waals surface area contributed by atoms with Crippen molar-refractivity contribution in [1.82, 2.24) is 9.55 Å². The van der Waals surface area contributed by atoms with Crippen LogP contribution in [0.25, 0.3) is 61.1 Å². The lowest BCUT2D eigenvalue weighted by Crippen LogP contribution is -1.99. The highest BCUT2D eigenvalue weighted by Crippen LogP contribution is 2.37. The first-order valence-electron chi connectivity index (χ1n) is 16.1. The second-order valence-electron chi connectivity index (χ2n) is 12.3. The number of hydrogen-bond acceptors (Lipinski definition) is 2. The highest BCUT2D eigenvalue weighted by Gasteiger charge is 2.18. The molecule has 1 aromatic heterocycles. The van der Waals surface area contributed by atoms with Crippen LogP contribution in [-0.4, -0.2) is 15.3 Å². The van der Waals surface area contributed by atoms with Crippen molar-refractivity contribution in [1.29, 1.82) is 0 Å². The summed E-state index contributed by atoms with van der Waals surface area (Å²) >= 11 is 0. The summed E-state index contributed by atoms with van der Waals surface area (Å²) in [7, 11) is 0. The molecular weight excluding hydrogens is 571 g/mol. The fraction of sp³-hybridized carbons (Fsp3) is 0.0455. The highest BCUT2D eigenvalue weighted by atomic mass is 15.1. The van der Waals surface area contributed by atoms with E-state index < -0.39 is 0 Å². The summed E-state index contributed by atoms with van der Waals surface area (Å²) in [6.45, 7) is 2.14. The Morgan fingerprint density at radius 1 is 0.511 bits per heavy atom. The van der Waals surface area contributed by atoms with Gasteiger partial charge in [0.2, 0.25) is 0 Å². The summed E-state index contributed by atoms with van der Waals surface area (Å²) in [6, 6.07) is 56.4. The van der Waals surface area contributed by atoms with Crippen molar-refractivity contribution in [3.05, 3.63) is 174 Å². The summed E-state index contributed by atoms with van der Waals surface area (Å²) in [5.74, 6) is 0.942. The number of nitrogens with zero attached hydrogens (tertiary/aromatic N) is 3. The van der Waals surface area contributed by atoms with Gasteiger partial charge in [-0.2, -0.15) is 0 Å². The second kappa shape index (κ2) is 11.1. The topological polar surface area (TPSA) is 30.2 Å². The molecule has 0 spiro atoms. The highest BCUT2D eigenvalue weighted by molar-refractivity contribution is 6.07. The zero-order valence-electron chi connectivity index (χ0n) is 26.1. The normalized spacial score (nSPS) is 13.5. The van der Waals surface area contributed by atoms with Crippen LogP contribution >= 0.6 is 0 Å². The summed E-state index contributed by atoms with van der Waals surface area (Å²) in [4.78, 5) is 10.2. The predicted molar refractivity (Wildman–Crippen MR) is 196 cm³/mol. The van der Waals surface area contributed by atoms with E-state index in [1.807, 2.05) is 6.07 Å². The molecule has 7 aromatic carbocycles.